The minimum absolute atomic E-state index is 0.246. The van der Waals surface area contributed by atoms with Crippen molar-refractivity contribution < 1.29 is 4.79 Å². The van der Waals surface area contributed by atoms with Gasteiger partial charge >= 0.3 is 0 Å². The van der Waals surface area contributed by atoms with Crippen LogP contribution in [0.1, 0.15) is 15.9 Å². The summed E-state index contributed by atoms with van der Waals surface area (Å²) in [7, 11) is 0. The minimum Gasteiger partial charge on any atom is -0.397 e. The molecule has 5 heteroatoms. The maximum absolute atomic E-state index is 11.9. The number of carbonyl (C=O) groups excluding carboxylic acids is 1. The quantitative estimate of drug-likeness (QED) is 0.817. The van der Waals surface area contributed by atoms with Gasteiger partial charge in [-0.3, -0.25) is 9.78 Å². The number of nitrogens with two attached hydrogens (primary N) is 1. The second kappa shape index (κ2) is 5.06. The molecule has 0 saturated carbocycles. The van der Waals surface area contributed by atoms with Gasteiger partial charge in [-0.25, -0.2) is 0 Å². The highest BCUT2D eigenvalue weighted by atomic mass is 35.5. The average molecular weight is 262 g/mol. The summed E-state index contributed by atoms with van der Waals surface area (Å²) in [6, 6.07) is 6.62. The highest BCUT2D eigenvalue weighted by Gasteiger charge is 2.09. The number of aromatic nitrogens is 1. The molecular formula is C13H12ClN3O. The lowest BCUT2D eigenvalue weighted by molar-refractivity contribution is 0.102. The molecule has 18 heavy (non-hydrogen) atoms. The summed E-state index contributed by atoms with van der Waals surface area (Å²) >= 11 is 6.00. The van der Waals surface area contributed by atoms with Gasteiger partial charge < -0.3 is 11.1 Å². The van der Waals surface area contributed by atoms with E-state index in [-0.39, 0.29) is 5.91 Å². The van der Waals surface area contributed by atoms with Crippen LogP contribution in [0, 0.1) is 6.92 Å². The van der Waals surface area contributed by atoms with Crippen LogP contribution in [0.3, 0.4) is 0 Å². The predicted octanol–water partition coefficient (Wildman–Crippen LogP) is 2.88. The first-order chi connectivity index (χ1) is 8.58. The number of aryl methyl sites for hydroxylation is 1. The summed E-state index contributed by atoms with van der Waals surface area (Å²) in [6.45, 7) is 1.85. The molecule has 2 aromatic rings. The molecule has 0 aliphatic carbocycles. The zero-order chi connectivity index (χ0) is 13.1. The number of nitrogen functional groups attached to an aromatic ring is 1. The summed E-state index contributed by atoms with van der Waals surface area (Å²) in [5.41, 5.74) is 8.21. The molecule has 0 saturated heterocycles. The van der Waals surface area contributed by atoms with Gasteiger partial charge in [0.25, 0.3) is 5.91 Å². The van der Waals surface area contributed by atoms with E-state index in [0.717, 1.165) is 5.56 Å². The summed E-state index contributed by atoms with van der Waals surface area (Å²) < 4.78 is 0. The Labute approximate surface area is 110 Å². The van der Waals surface area contributed by atoms with Gasteiger partial charge in [0.15, 0.2) is 0 Å². The summed E-state index contributed by atoms with van der Waals surface area (Å²) in [5, 5.41) is 3.28. The molecular weight excluding hydrogens is 250 g/mol. The molecule has 0 spiro atoms. The van der Waals surface area contributed by atoms with Gasteiger partial charge in [-0.2, -0.15) is 0 Å². The van der Waals surface area contributed by atoms with Crippen molar-refractivity contribution in [3.8, 4) is 0 Å². The fraction of sp³-hybridized carbons (Fsp3) is 0.0769. The van der Waals surface area contributed by atoms with Crippen LogP contribution in [0.4, 0.5) is 11.4 Å². The van der Waals surface area contributed by atoms with Crippen molar-refractivity contribution in [1.82, 2.24) is 4.98 Å². The number of benzene rings is 1. The Morgan fingerprint density at radius 1 is 1.33 bits per heavy atom. The summed E-state index contributed by atoms with van der Waals surface area (Å²) in [5.74, 6) is -0.246. The topological polar surface area (TPSA) is 68.0 Å². The maximum atomic E-state index is 11.9. The van der Waals surface area contributed by atoms with Crippen molar-refractivity contribution in [2.24, 2.45) is 0 Å². The van der Waals surface area contributed by atoms with Crippen molar-refractivity contribution in [3.05, 3.63) is 52.8 Å². The summed E-state index contributed by atoms with van der Waals surface area (Å²) in [4.78, 5) is 15.8. The van der Waals surface area contributed by atoms with Gasteiger partial charge in [-0.15, -0.1) is 0 Å². The number of hydrogen-bond donors (Lipinski definition) is 2. The van der Waals surface area contributed by atoms with E-state index in [1.54, 1.807) is 36.7 Å². The standard InChI is InChI=1S/C13H12ClN3O/c1-8-6-11(15)12(7-10(8)14)17-13(18)9-2-4-16-5-3-9/h2-7H,15H2,1H3,(H,17,18). The molecule has 0 aliphatic rings. The van der Waals surface area contributed by atoms with Crippen LogP contribution in [0.2, 0.25) is 5.02 Å². The van der Waals surface area contributed by atoms with Crippen molar-refractivity contribution >= 4 is 28.9 Å². The first-order valence-corrected chi connectivity index (χ1v) is 5.72. The van der Waals surface area contributed by atoms with E-state index < -0.39 is 0 Å². The smallest absolute Gasteiger partial charge is 0.255 e. The van der Waals surface area contributed by atoms with E-state index in [1.807, 2.05) is 6.92 Å². The Bertz CT molecular complexity index is 584. The number of anilines is 2. The van der Waals surface area contributed by atoms with Crippen LogP contribution in [-0.2, 0) is 0 Å². The highest BCUT2D eigenvalue weighted by molar-refractivity contribution is 6.32. The van der Waals surface area contributed by atoms with Crippen LogP contribution in [0.5, 0.6) is 0 Å². The Kier molecular flexibility index (Phi) is 3.48. The minimum atomic E-state index is -0.246. The molecule has 0 aliphatic heterocycles. The molecule has 1 aromatic carbocycles. The fourth-order valence-corrected chi connectivity index (χ4v) is 1.67. The van der Waals surface area contributed by atoms with Crippen LogP contribution in [-0.4, -0.2) is 10.9 Å². The second-order valence-corrected chi connectivity index (χ2v) is 4.29. The second-order valence-electron chi connectivity index (χ2n) is 3.88. The lowest BCUT2D eigenvalue weighted by Crippen LogP contribution is -2.13. The van der Waals surface area contributed by atoms with Crippen molar-refractivity contribution in [2.45, 2.75) is 6.92 Å². The molecule has 92 valence electrons. The first-order valence-electron chi connectivity index (χ1n) is 5.35. The van der Waals surface area contributed by atoms with Crippen LogP contribution < -0.4 is 11.1 Å². The monoisotopic (exact) mass is 261 g/mol. The van der Waals surface area contributed by atoms with Gasteiger partial charge in [0.2, 0.25) is 0 Å². The van der Waals surface area contributed by atoms with Crippen molar-refractivity contribution in [1.29, 1.82) is 0 Å². The fourth-order valence-electron chi connectivity index (χ4n) is 1.51. The molecule has 0 fully saturated rings. The van der Waals surface area contributed by atoms with Crippen molar-refractivity contribution in [2.75, 3.05) is 11.1 Å². The lowest BCUT2D eigenvalue weighted by Gasteiger charge is -2.10. The first kappa shape index (κ1) is 12.4. The predicted molar refractivity (Wildman–Crippen MR) is 72.8 cm³/mol. The van der Waals surface area contributed by atoms with Gasteiger partial charge in [-0.1, -0.05) is 11.6 Å². The van der Waals surface area contributed by atoms with E-state index in [9.17, 15) is 4.79 Å². The Morgan fingerprint density at radius 2 is 2.00 bits per heavy atom. The molecule has 0 bridgehead atoms. The SMILES string of the molecule is Cc1cc(N)c(NC(=O)c2ccncc2)cc1Cl. The largest absolute Gasteiger partial charge is 0.397 e. The molecule has 0 atom stereocenters. The van der Waals surface area contributed by atoms with E-state index in [1.165, 1.54) is 0 Å². The third-order valence-electron chi connectivity index (χ3n) is 2.52. The number of nitrogens with zero attached hydrogens (tertiary/aromatic N) is 1. The van der Waals surface area contributed by atoms with Gasteiger partial charge in [0.1, 0.15) is 0 Å². The zero-order valence-electron chi connectivity index (χ0n) is 9.77. The summed E-state index contributed by atoms with van der Waals surface area (Å²) in [6.07, 6.45) is 3.11. The molecule has 3 N–H and O–H groups in total. The van der Waals surface area contributed by atoms with E-state index in [0.29, 0.717) is 22.0 Å². The molecule has 1 aromatic heterocycles. The maximum Gasteiger partial charge on any atom is 0.255 e. The van der Waals surface area contributed by atoms with Crippen LogP contribution >= 0.6 is 11.6 Å². The zero-order valence-corrected chi connectivity index (χ0v) is 10.5. The number of pyridine rings is 1. The Morgan fingerprint density at radius 3 is 2.67 bits per heavy atom. The van der Waals surface area contributed by atoms with E-state index in [4.69, 9.17) is 17.3 Å². The lowest BCUT2D eigenvalue weighted by atomic mass is 10.2. The molecule has 1 amide bonds. The average Bonchev–Trinajstić information content (AvgIpc) is 2.37. The molecule has 2 rings (SSSR count). The molecule has 0 radical (unpaired) electrons. The highest BCUT2D eigenvalue weighted by Crippen LogP contribution is 2.27. The Hall–Kier alpha value is -2.07. The molecule has 0 unspecified atom stereocenters. The van der Waals surface area contributed by atoms with Gasteiger partial charge in [0, 0.05) is 23.0 Å². The molecule has 4 nitrogen and oxygen atoms in total. The van der Waals surface area contributed by atoms with Gasteiger partial charge in [-0.05, 0) is 36.8 Å². The van der Waals surface area contributed by atoms with Crippen molar-refractivity contribution in [3.63, 3.8) is 0 Å². The number of carbonyl (C=O) groups is 1. The number of halogens is 1. The number of amides is 1. The number of rotatable bonds is 2. The van der Waals surface area contributed by atoms with Crippen LogP contribution in [0.15, 0.2) is 36.7 Å². The van der Waals surface area contributed by atoms with Crippen LogP contribution in [0.25, 0.3) is 0 Å². The number of hydrogen-bond acceptors (Lipinski definition) is 3. The Balaban J connectivity index is 2.25. The number of nitrogens with one attached hydrogen (secondary N) is 1. The van der Waals surface area contributed by atoms with E-state index >= 15 is 0 Å². The molecule has 1 heterocycles. The third-order valence-corrected chi connectivity index (χ3v) is 2.93. The normalized spacial score (nSPS) is 10.1. The van der Waals surface area contributed by atoms with E-state index in [2.05, 4.69) is 10.3 Å². The third kappa shape index (κ3) is 2.60. The van der Waals surface area contributed by atoms with Gasteiger partial charge in [0.05, 0.1) is 11.4 Å².